The highest BCUT2D eigenvalue weighted by Crippen LogP contribution is 1.97. The standard InChI is InChI=1S/C8H8.C5H14N.CH4/c1-2-8-6-4-3-5-7-8;1-5-6(2,3)4;/h2-7H,1H2;5H2,1-4H3;1H4/q;+1;. The van der Waals surface area contributed by atoms with Gasteiger partial charge in [0.2, 0.25) is 0 Å². The van der Waals surface area contributed by atoms with Gasteiger partial charge in [-0.05, 0) is 12.5 Å². The van der Waals surface area contributed by atoms with Crippen LogP contribution in [0.2, 0.25) is 0 Å². The first-order valence-corrected chi connectivity index (χ1v) is 4.97. The lowest BCUT2D eigenvalue weighted by Gasteiger charge is -2.20. The Morgan fingerprint density at radius 3 is 1.73 bits per heavy atom. The summed E-state index contributed by atoms with van der Waals surface area (Å²) < 4.78 is 1.07. The molecule has 0 heterocycles. The zero-order valence-electron chi connectivity index (χ0n) is 9.83. The van der Waals surface area contributed by atoms with Crippen LogP contribution in [0.1, 0.15) is 19.9 Å². The Balaban J connectivity index is 0. The fourth-order valence-corrected chi connectivity index (χ4v) is 0.589. The van der Waals surface area contributed by atoms with Gasteiger partial charge in [-0.25, -0.2) is 0 Å². The molecule has 1 aromatic rings. The van der Waals surface area contributed by atoms with E-state index in [0.717, 1.165) is 4.48 Å². The Kier molecular flexibility index (Phi) is 8.99. The topological polar surface area (TPSA) is 0 Å². The maximum atomic E-state index is 3.63. The summed E-state index contributed by atoms with van der Waals surface area (Å²) in [6, 6.07) is 10.0. The highest BCUT2D eigenvalue weighted by Gasteiger charge is 1.97. The predicted molar refractivity (Wildman–Crippen MR) is 71.8 cm³/mol. The molecule has 1 rings (SSSR count). The second-order valence-corrected chi connectivity index (χ2v) is 4.22. The fourth-order valence-electron chi connectivity index (χ4n) is 0.589. The van der Waals surface area contributed by atoms with Crippen molar-refractivity contribution < 1.29 is 4.48 Å². The zero-order chi connectivity index (χ0) is 11.0. The summed E-state index contributed by atoms with van der Waals surface area (Å²) >= 11 is 0. The summed E-state index contributed by atoms with van der Waals surface area (Å²) in [6.07, 6.45) is 1.83. The fraction of sp³-hybridized carbons (Fsp3) is 0.429. The largest absolute Gasteiger partial charge is 0.331 e. The number of nitrogens with zero attached hydrogens (tertiary/aromatic N) is 1. The van der Waals surface area contributed by atoms with E-state index < -0.39 is 0 Å². The quantitative estimate of drug-likeness (QED) is 0.650. The molecule has 1 nitrogen and oxygen atoms in total. The first kappa shape index (κ1) is 16.4. The van der Waals surface area contributed by atoms with Crippen molar-refractivity contribution >= 4 is 6.08 Å². The Hall–Kier alpha value is -1.08. The summed E-state index contributed by atoms with van der Waals surface area (Å²) in [7, 11) is 6.54. The Labute approximate surface area is 95.6 Å². The van der Waals surface area contributed by atoms with Crippen LogP contribution in [0.15, 0.2) is 36.9 Å². The molecule has 0 aliphatic rings. The third kappa shape index (κ3) is 10.8. The van der Waals surface area contributed by atoms with Gasteiger partial charge in [0.05, 0.1) is 27.7 Å². The normalized spacial score (nSPS) is 9.33. The molecule has 0 radical (unpaired) electrons. The van der Waals surface area contributed by atoms with Crippen LogP contribution in [0.5, 0.6) is 0 Å². The molecule has 0 amide bonds. The molecule has 0 aromatic heterocycles. The summed E-state index contributed by atoms with van der Waals surface area (Å²) in [5, 5.41) is 0. The van der Waals surface area contributed by atoms with Gasteiger partial charge in [0.1, 0.15) is 0 Å². The average Bonchev–Trinajstić information content (AvgIpc) is 2.19. The number of hydrogen-bond acceptors (Lipinski definition) is 0. The molecule has 15 heavy (non-hydrogen) atoms. The molecular weight excluding hydrogens is 182 g/mol. The maximum Gasteiger partial charge on any atom is 0.0751 e. The second kappa shape index (κ2) is 8.25. The van der Waals surface area contributed by atoms with Gasteiger partial charge in [-0.1, -0.05) is 50.4 Å². The molecule has 0 aliphatic heterocycles. The SMILES string of the molecule is C.C=Cc1ccccc1.CC[N+](C)(C)C. The van der Waals surface area contributed by atoms with Gasteiger partial charge in [0.15, 0.2) is 0 Å². The van der Waals surface area contributed by atoms with E-state index in [0.29, 0.717) is 0 Å². The van der Waals surface area contributed by atoms with E-state index in [9.17, 15) is 0 Å². The zero-order valence-corrected chi connectivity index (χ0v) is 9.83. The Bertz CT molecular complexity index is 244. The second-order valence-electron chi connectivity index (χ2n) is 4.22. The molecule has 0 saturated carbocycles. The van der Waals surface area contributed by atoms with Crippen LogP contribution in [0.3, 0.4) is 0 Å². The lowest BCUT2D eigenvalue weighted by molar-refractivity contribution is -0.868. The average molecular weight is 208 g/mol. The third-order valence-corrected chi connectivity index (χ3v) is 1.98. The van der Waals surface area contributed by atoms with E-state index in [2.05, 4.69) is 34.6 Å². The van der Waals surface area contributed by atoms with E-state index in [1.807, 2.05) is 36.4 Å². The van der Waals surface area contributed by atoms with Crippen LogP contribution in [-0.2, 0) is 0 Å². The van der Waals surface area contributed by atoms with Crippen LogP contribution in [-0.4, -0.2) is 32.2 Å². The van der Waals surface area contributed by atoms with Gasteiger partial charge in [-0.15, -0.1) is 0 Å². The molecule has 0 spiro atoms. The van der Waals surface area contributed by atoms with Crippen molar-refractivity contribution in [1.29, 1.82) is 0 Å². The first-order chi connectivity index (χ1) is 6.49. The van der Waals surface area contributed by atoms with Crippen molar-refractivity contribution in [3.63, 3.8) is 0 Å². The molecule has 1 aromatic carbocycles. The van der Waals surface area contributed by atoms with Crippen molar-refractivity contribution in [1.82, 2.24) is 0 Å². The van der Waals surface area contributed by atoms with E-state index in [1.165, 1.54) is 12.1 Å². The van der Waals surface area contributed by atoms with Crippen molar-refractivity contribution in [2.75, 3.05) is 27.7 Å². The van der Waals surface area contributed by atoms with E-state index in [-0.39, 0.29) is 7.43 Å². The highest BCUT2D eigenvalue weighted by molar-refractivity contribution is 5.45. The molecule has 1 heteroatoms. The van der Waals surface area contributed by atoms with Crippen molar-refractivity contribution in [2.45, 2.75) is 14.4 Å². The van der Waals surface area contributed by atoms with E-state index in [4.69, 9.17) is 0 Å². The van der Waals surface area contributed by atoms with Gasteiger partial charge >= 0.3 is 0 Å². The molecule has 0 unspecified atom stereocenters. The van der Waals surface area contributed by atoms with Crippen LogP contribution in [0, 0.1) is 0 Å². The predicted octanol–water partition coefficient (Wildman–Crippen LogP) is 3.68. The molecule has 0 aliphatic carbocycles. The van der Waals surface area contributed by atoms with Crippen LogP contribution < -0.4 is 0 Å². The molecule has 0 atom stereocenters. The minimum absolute atomic E-state index is 0. The molecular formula is C14H26N+. The molecule has 0 bridgehead atoms. The first-order valence-electron chi connectivity index (χ1n) is 4.97. The summed E-state index contributed by atoms with van der Waals surface area (Å²) in [6.45, 7) is 7.02. The molecule has 0 fully saturated rings. The van der Waals surface area contributed by atoms with Crippen LogP contribution in [0.25, 0.3) is 6.08 Å². The number of benzene rings is 1. The van der Waals surface area contributed by atoms with Gasteiger partial charge in [-0.3, -0.25) is 0 Å². The van der Waals surface area contributed by atoms with E-state index in [1.54, 1.807) is 0 Å². The van der Waals surface area contributed by atoms with Crippen molar-refractivity contribution in [2.24, 2.45) is 0 Å². The third-order valence-electron chi connectivity index (χ3n) is 1.98. The molecule has 86 valence electrons. The van der Waals surface area contributed by atoms with E-state index >= 15 is 0 Å². The Morgan fingerprint density at radius 2 is 1.53 bits per heavy atom. The highest BCUT2D eigenvalue weighted by atomic mass is 15.3. The van der Waals surface area contributed by atoms with Crippen molar-refractivity contribution in [3.8, 4) is 0 Å². The number of hydrogen-bond donors (Lipinski definition) is 0. The van der Waals surface area contributed by atoms with Gasteiger partial charge in [0, 0.05) is 0 Å². The Morgan fingerprint density at radius 1 is 1.13 bits per heavy atom. The summed E-state index contributed by atoms with van der Waals surface area (Å²) in [5.41, 5.74) is 1.17. The van der Waals surface area contributed by atoms with Gasteiger partial charge in [0.25, 0.3) is 0 Å². The monoisotopic (exact) mass is 208 g/mol. The van der Waals surface area contributed by atoms with Crippen LogP contribution in [0.4, 0.5) is 0 Å². The molecule has 0 N–H and O–H groups in total. The lowest BCUT2D eigenvalue weighted by Crippen LogP contribution is -2.33. The van der Waals surface area contributed by atoms with Gasteiger partial charge < -0.3 is 4.48 Å². The number of quaternary nitrogens is 1. The minimum atomic E-state index is 0. The lowest BCUT2D eigenvalue weighted by atomic mass is 10.2. The van der Waals surface area contributed by atoms with Crippen LogP contribution >= 0.6 is 0 Å². The van der Waals surface area contributed by atoms with Gasteiger partial charge in [-0.2, -0.15) is 0 Å². The minimum Gasteiger partial charge on any atom is -0.331 e. The summed E-state index contributed by atoms with van der Waals surface area (Å²) in [5.74, 6) is 0. The van der Waals surface area contributed by atoms with Crippen molar-refractivity contribution in [3.05, 3.63) is 42.5 Å². The molecule has 0 saturated heterocycles. The number of rotatable bonds is 2. The maximum absolute atomic E-state index is 3.63. The summed E-state index contributed by atoms with van der Waals surface area (Å²) in [4.78, 5) is 0. The smallest absolute Gasteiger partial charge is 0.0751 e.